The molecule has 0 spiro atoms. The maximum Gasteiger partial charge on any atom is 0.267 e. The minimum Gasteiger partial charge on any atom is -0.321 e. The SMILES string of the molecule is O=C(Nc1ccc(S(=O)(=O)N2CCCCCC2)cc1)/C(Cl)=C\c1ccccc1. The van der Waals surface area contributed by atoms with Crippen LogP contribution in [0.25, 0.3) is 6.08 Å². The van der Waals surface area contributed by atoms with Crippen molar-refractivity contribution in [3.63, 3.8) is 0 Å². The van der Waals surface area contributed by atoms with Gasteiger partial charge in [-0.15, -0.1) is 0 Å². The molecule has 2 aromatic carbocycles. The zero-order chi connectivity index (χ0) is 20.0. The van der Waals surface area contributed by atoms with Crippen LogP contribution in [-0.2, 0) is 14.8 Å². The molecular formula is C21H23ClN2O3S. The number of sulfonamides is 1. The van der Waals surface area contributed by atoms with Gasteiger partial charge in [0, 0.05) is 18.8 Å². The Morgan fingerprint density at radius 2 is 1.54 bits per heavy atom. The van der Waals surface area contributed by atoms with Crippen LogP contribution in [0, 0.1) is 0 Å². The Bertz CT molecular complexity index is 933. The molecule has 0 aromatic heterocycles. The van der Waals surface area contributed by atoms with E-state index in [4.69, 9.17) is 11.6 Å². The number of hydrogen-bond acceptors (Lipinski definition) is 3. The molecule has 0 saturated carbocycles. The van der Waals surface area contributed by atoms with Gasteiger partial charge < -0.3 is 5.32 Å². The van der Waals surface area contributed by atoms with E-state index in [9.17, 15) is 13.2 Å². The summed E-state index contributed by atoms with van der Waals surface area (Å²) < 4.78 is 27.1. The molecule has 2 aromatic rings. The summed E-state index contributed by atoms with van der Waals surface area (Å²) in [5, 5.41) is 2.73. The number of amides is 1. The Hall–Kier alpha value is -2.15. The van der Waals surface area contributed by atoms with Crippen LogP contribution in [0.5, 0.6) is 0 Å². The van der Waals surface area contributed by atoms with E-state index >= 15 is 0 Å². The Balaban J connectivity index is 1.68. The number of rotatable bonds is 5. The van der Waals surface area contributed by atoms with Gasteiger partial charge in [-0.05, 0) is 48.7 Å². The van der Waals surface area contributed by atoms with Crippen molar-refractivity contribution in [3.05, 3.63) is 65.2 Å². The first kappa shape index (κ1) is 20.6. The summed E-state index contributed by atoms with van der Waals surface area (Å²) in [7, 11) is -3.50. The monoisotopic (exact) mass is 418 g/mol. The fourth-order valence-electron chi connectivity index (χ4n) is 3.09. The first-order chi connectivity index (χ1) is 13.5. The van der Waals surface area contributed by atoms with Gasteiger partial charge in [-0.2, -0.15) is 4.31 Å². The predicted octanol–water partition coefficient (Wildman–Crippen LogP) is 4.47. The van der Waals surface area contributed by atoms with Crippen LogP contribution in [0.4, 0.5) is 5.69 Å². The number of benzene rings is 2. The quantitative estimate of drug-likeness (QED) is 0.728. The molecule has 7 heteroatoms. The molecule has 5 nitrogen and oxygen atoms in total. The number of anilines is 1. The third-order valence-electron chi connectivity index (χ3n) is 4.62. The van der Waals surface area contributed by atoms with Crippen LogP contribution in [-0.4, -0.2) is 31.7 Å². The van der Waals surface area contributed by atoms with E-state index in [2.05, 4.69) is 5.32 Å². The normalized spacial score (nSPS) is 16.4. The zero-order valence-electron chi connectivity index (χ0n) is 15.5. The minimum atomic E-state index is -3.50. The molecule has 0 radical (unpaired) electrons. The molecule has 3 rings (SSSR count). The van der Waals surface area contributed by atoms with Gasteiger partial charge in [-0.3, -0.25) is 4.79 Å². The lowest BCUT2D eigenvalue weighted by Gasteiger charge is -2.20. The molecular weight excluding hydrogens is 396 g/mol. The van der Waals surface area contributed by atoms with Crippen LogP contribution < -0.4 is 5.32 Å². The van der Waals surface area contributed by atoms with Gasteiger partial charge in [0.1, 0.15) is 5.03 Å². The predicted molar refractivity (Wildman–Crippen MR) is 113 cm³/mol. The molecule has 148 valence electrons. The second-order valence-electron chi connectivity index (χ2n) is 6.70. The van der Waals surface area contributed by atoms with Crippen LogP contribution in [0.15, 0.2) is 64.5 Å². The highest BCUT2D eigenvalue weighted by Gasteiger charge is 2.25. The number of halogens is 1. The summed E-state index contributed by atoms with van der Waals surface area (Å²) in [5.74, 6) is -0.450. The van der Waals surface area contributed by atoms with Crippen LogP contribution in [0.3, 0.4) is 0 Å². The molecule has 1 heterocycles. The molecule has 0 atom stereocenters. The molecule has 1 amide bonds. The zero-order valence-corrected chi connectivity index (χ0v) is 17.0. The largest absolute Gasteiger partial charge is 0.321 e. The Morgan fingerprint density at radius 3 is 2.14 bits per heavy atom. The van der Waals surface area contributed by atoms with Crippen LogP contribution in [0.1, 0.15) is 31.2 Å². The molecule has 0 unspecified atom stereocenters. The lowest BCUT2D eigenvalue weighted by molar-refractivity contribution is -0.112. The highest BCUT2D eigenvalue weighted by Crippen LogP contribution is 2.22. The van der Waals surface area contributed by atoms with Crippen molar-refractivity contribution in [1.29, 1.82) is 0 Å². The fraction of sp³-hybridized carbons (Fsp3) is 0.286. The van der Waals surface area contributed by atoms with E-state index in [-0.39, 0.29) is 9.93 Å². The second kappa shape index (κ2) is 9.37. The molecule has 1 aliphatic heterocycles. The number of carbonyl (C=O) groups excluding carboxylic acids is 1. The summed E-state index contributed by atoms with van der Waals surface area (Å²) in [6, 6.07) is 15.5. The van der Waals surface area contributed by atoms with Crippen molar-refractivity contribution in [1.82, 2.24) is 4.31 Å². The summed E-state index contributed by atoms with van der Waals surface area (Å²) >= 11 is 6.08. The maximum absolute atomic E-state index is 12.8. The molecule has 1 fully saturated rings. The van der Waals surface area contributed by atoms with E-state index in [1.165, 1.54) is 12.1 Å². The van der Waals surface area contributed by atoms with Crippen molar-refractivity contribution in [3.8, 4) is 0 Å². The van der Waals surface area contributed by atoms with Crippen LogP contribution >= 0.6 is 11.6 Å². The third-order valence-corrected chi connectivity index (χ3v) is 6.82. The summed E-state index contributed by atoms with van der Waals surface area (Å²) in [6.45, 7) is 1.11. The Morgan fingerprint density at radius 1 is 0.929 bits per heavy atom. The average Bonchev–Trinajstić information content (AvgIpc) is 2.99. The van der Waals surface area contributed by atoms with Crippen molar-refractivity contribution < 1.29 is 13.2 Å². The van der Waals surface area contributed by atoms with Crippen molar-refractivity contribution in [2.45, 2.75) is 30.6 Å². The highest BCUT2D eigenvalue weighted by atomic mass is 35.5. The lowest BCUT2D eigenvalue weighted by atomic mass is 10.2. The minimum absolute atomic E-state index is 0.0486. The molecule has 1 N–H and O–H groups in total. The fourth-order valence-corrected chi connectivity index (χ4v) is 4.78. The van der Waals surface area contributed by atoms with Crippen LogP contribution in [0.2, 0.25) is 0 Å². The van der Waals surface area contributed by atoms with Gasteiger partial charge in [0.2, 0.25) is 10.0 Å². The van der Waals surface area contributed by atoms with Gasteiger partial charge in [-0.25, -0.2) is 8.42 Å². The Kier molecular flexibility index (Phi) is 6.88. The molecule has 1 aliphatic rings. The topological polar surface area (TPSA) is 66.5 Å². The van der Waals surface area contributed by atoms with Gasteiger partial charge >= 0.3 is 0 Å². The average molecular weight is 419 g/mol. The van der Waals surface area contributed by atoms with E-state index < -0.39 is 15.9 Å². The number of nitrogens with zero attached hydrogens (tertiary/aromatic N) is 1. The third kappa shape index (κ3) is 5.22. The molecule has 1 saturated heterocycles. The van der Waals surface area contributed by atoms with Crippen molar-refractivity contribution in [2.75, 3.05) is 18.4 Å². The van der Waals surface area contributed by atoms with Crippen molar-refractivity contribution >= 4 is 39.3 Å². The van der Waals surface area contributed by atoms with E-state index in [0.29, 0.717) is 18.8 Å². The smallest absolute Gasteiger partial charge is 0.267 e. The van der Waals surface area contributed by atoms with E-state index in [0.717, 1.165) is 31.2 Å². The van der Waals surface area contributed by atoms with Gasteiger partial charge in [-0.1, -0.05) is 54.8 Å². The first-order valence-electron chi connectivity index (χ1n) is 9.30. The summed E-state index contributed by atoms with van der Waals surface area (Å²) in [6.07, 6.45) is 5.48. The maximum atomic E-state index is 12.8. The molecule has 0 bridgehead atoms. The lowest BCUT2D eigenvalue weighted by Crippen LogP contribution is -2.31. The first-order valence-corrected chi connectivity index (χ1v) is 11.1. The number of hydrogen-bond donors (Lipinski definition) is 1. The van der Waals surface area contributed by atoms with E-state index in [1.807, 2.05) is 30.3 Å². The highest BCUT2D eigenvalue weighted by molar-refractivity contribution is 7.89. The molecule has 28 heavy (non-hydrogen) atoms. The Labute approximate surface area is 171 Å². The standard InChI is InChI=1S/C21H23ClN2O3S/c22-20(16-17-8-4-3-5-9-17)21(25)23-18-10-12-19(13-11-18)28(26,27)24-14-6-1-2-7-15-24/h3-5,8-13,16H,1-2,6-7,14-15H2,(H,23,25)/b20-16+. The summed E-state index contributed by atoms with van der Waals surface area (Å²) in [5.41, 5.74) is 1.31. The van der Waals surface area contributed by atoms with Gasteiger partial charge in [0.25, 0.3) is 5.91 Å². The van der Waals surface area contributed by atoms with Crippen molar-refractivity contribution in [2.24, 2.45) is 0 Å². The summed E-state index contributed by atoms with van der Waals surface area (Å²) in [4.78, 5) is 12.5. The number of carbonyl (C=O) groups is 1. The molecule has 0 aliphatic carbocycles. The van der Waals surface area contributed by atoms with Gasteiger partial charge in [0.15, 0.2) is 0 Å². The van der Waals surface area contributed by atoms with Gasteiger partial charge in [0.05, 0.1) is 4.90 Å². The van der Waals surface area contributed by atoms with E-state index in [1.54, 1.807) is 22.5 Å². The second-order valence-corrected chi connectivity index (χ2v) is 9.04. The number of nitrogens with one attached hydrogen (secondary N) is 1.